The molecule has 1 aliphatic heterocycles. The van der Waals surface area contributed by atoms with Crippen molar-refractivity contribution >= 4 is 40.7 Å². The summed E-state index contributed by atoms with van der Waals surface area (Å²) in [6, 6.07) is 6.39. The summed E-state index contributed by atoms with van der Waals surface area (Å²) >= 11 is 2.83. The van der Waals surface area contributed by atoms with Gasteiger partial charge in [0.1, 0.15) is 0 Å². The van der Waals surface area contributed by atoms with E-state index in [-0.39, 0.29) is 17.6 Å². The average molecular weight is 406 g/mol. The first-order valence-electron chi connectivity index (χ1n) is 8.87. The molecule has 1 saturated heterocycles. The molecule has 1 atom stereocenters. The van der Waals surface area contributed by atoms with Gasteiger partial charge >= 0.3 is 5.97 Å². The summed E-state index contributed by atoms with van der Waals surface area (Å²) in [4.78, 5) is 29.2. The maximum absolute atomic E-state index is 12.3. The Hall–Kier alpha value is -2.06. The number of carboxylic acids is 1. The van der Waals surface area contributed by atoms with Crippen molar-refractivity contribution < 1.29 is 14.7 Å². The summed E-state index contributed by atoms with van der Waals surface area (Å²) in [5, 5.41) is 14.0. The lowest BCUT2D eigenvalue weighted by Gasteiger charge is -2.25. The number of nitrogens with one attached hydrogen (secondary N) is 1. The highest BCUT2D eigenvalue weighted by molar-refractivity contribution is 8.01. The number of hydrogen-bond acceptors (Lipinski definition) is 6. The Bertz CT molecular complexity index is 837. The number of benzene rings is 1. The minimum Gasteiger partial charge on any atom is -0.476 e. The first kappa shape index (κ1) is 19.7. The van der Waals surface area contributed by atoms with Gasteiger partial charge in [-0.15, -0.1) is 11.3 Å². The maximum atomic E-state index is 12.3. The minimum atomic E-state index is -1.01. The standard InChI is InChI=1S/C19H23N3O3S2/c1-12-4-3-5-15(13(12)2)20-10-14-6-7-17(23)22(14)8-9-26-19-21-16(11-27-19)18(24)25/h3-5,11,14,20H,6-10H2,1-2H3,(H,24,25)/t14-/m1/s1. The van der Waals surface area contributed by atoms with Gasteiger partial charge in [-0.25, -0.2) is 9.78 Å². The zero-order chi connectivity index (χ0) is 19.4. The molecule has 8 heteroatoms. The van der Waals surface area contributed by atoms with E-state index < -0.39 is 5.97 Å². The van der Waals surface area contributed by atoms with Gasteiger partial charge in [-0.3, -0.25) is 4.79 Å². The first-order valence-corrected chi connectivity index (χ1v) is 10.7. The Balaban J connectivity index is 1.52. The maximum Gasteiger partial charge on any atom is 0.355 e. The highest BCUT2D eigenvalue weighted by atomic mass is 32.2. The van der Waals surface area contributed by atoms with E-state index in [0.717, 1.165) is 23.0 Å². The van der Waals surface area contributed by atoms with Crippen molar-refractivity contribution in [3.63, 3.8) is 0 Å². The smallest absolute Gasteiger partial charge is 0.355 e. The van der Waals surface area contributed by atoms with Crippen molar-refractivity contribution in [3.05, 3.63) is 40.4 Å². The predicted molar refractivity (Wildman–Crippen MR) is 109 cm³/mol. The lowest BCUT2D eigenvalue weighted by molar-refractivity contribution is -0.128. The number of carbonyl (C=O) groups excluding carboxylic acids is 1. The third kappa shape index (κ3) is 4.81. The predicted octanol–water partition coefficient (Wildman–Crippen LogP) is 3.65. The number of carbonyl (C=O) groups is 2. The van der Waals surface area contributed by atoms with Gasteiger partial charge in [-0.1, -0.05) is 23.9 Å². The fraction of sp³-hybridized carbons (Fsp3) is 0.421. The Kier molecular flexibility index (Phi) is 6.38. The molecule has 1 aliphatic rings. The van der Waals surface area contributed by atoms with Crippen LogP contribution >= 0.6 is 23.1 Å². The van der Waals surface area contributed by atoms with Crippen LogP contribution in [0.3, 0.4) is 0 Å². The quantitative estimate of drug-likeness (QED) is 0.653. The third-order valence-electron chi connectivity index (χ3n) is 4.85. The van der Waals surface area contributed by atoms with Crippen molar-refractivity contribution in [2.24, 2.45) is 0 Å². The van der Waals surface area contributed by atoms with Crippen molar-refractivity contribution in [3.8, 4) is 0 Å². The second-order valence-electron chi connectivity index (χ2n) is 6.56. The number of likely N-dealkylation sites (tertiary alicyclic amines) is 1. The third-order valence-corrected chi connectivity index (χ3v) is 6.85. The monoisotopic (exact) mass is 405 g/mol. The number of aromatic carboxylic acids is 1. The molecule has 2 N–H and O–H groups in total. The van der Waals surface area contributed by atoms with E-state index in [1.807, 2.05) is 11.0 Å². The molecule has 0 bridgehead atoms. The minimum absolute atomic E-state index is 0.0790. The largest absolute Gasteiger partial charge is 0.476 e. The Labute approximate surface area is 167 Å². The van der Waals surface area contributed by atoms with Crippen LogP contribution in [0.25, 0.3) is 0 Å². The molecule has 0 radical (unpaired) electrons. The number of hydrogen-bond donors (Lipinski definition) is 2. The second kappa shape index (κ2) is 8.75. The van der Waals surface area contributed by atoms with Crippen molar-refractivity contribution in [2.75, 3.05) is 24.2 Å². The molecule has 1 fully saturated rings. The van der Waals surface area contributed by atoms with Crippen LogP contribution in [0.1, 0.15) is 34.5 Å². The van der Waals surface area contributed by atoms with Gasteiger partial charge in [0, 0.05) is 42.4 Å². The number of aryl methyl sites for hydroxylation is 1. The molecule has 0 saturated carbocycles. The lowest BCUT2D eigenvalue weighted by atomic mass is 10.1. The topological polar surface area (TPSA) is 82.5 Å². The molecule has 3 rings (SSSR count). The van der Waals surface area contributed by atoms with Gasteiger partial charge in [0.25, 0.3) is 0 Å². The normalized spacial score (nSPS) is 16.7. The molecule has 144 valence electrons. The van der Waals surface area contributed by atoms with Crippen LogP contribution in [-0.4, -0.2) is 51.8 Å². The van der Waals surface area contributed by atoms with Crippen LogP contribution in [0, 0.1) is 13.8 Å². The van der Waals surface area contributed by atoms with Gasteiger partial charge in [-0.05, 0) is 37.5 Å². The van der Waals surface area contributed by atoms with E-state index >= 15 is 0 Å². The average Bonchev–Trinajstić information content (AvgIpc) is 3.24. The summed E-state index contributed by atoms with van der Waals surface area (Å²) < 4.78 is 0.726. The number of amides is 1. The summed E-state index contributed by atoms with van der Waals surface area (Å²) in [5.74, 6) is -0.114. The van der Waals surface area contributed by atoms with E-state index in [1.165, 1.54) is 34.2 Å². The summed E-state index contributed by atoms with van der Waals surface area (Å²) in [6.07, 6.45) is 1.45. The van der Waals surface area contributed by atoms with Crippen LogP contribution in [0.2, 0.25) is 0 Å². The second-order valence-corrected chi connectivity index (χ2v) is 8.76. The summed E-state index contributed by atoms with van der Waals surface area (Å²) in [6.45, 7) is 5.58. The fourth-order valence-electron chi connectivity index (χ4n) is 3.14. The van der Waals surface area contributed by atoms with Crippen molar-refractivity contribution in [2.45, 2.75) is 37.1 Å². The number of thioether (sulfide) groups is 1. The van der Waals surface area contributed by atoms with E-state index in [9.17, 15) is 9.59 Å². The molecule has 1 aromatic carbocycles. The fourth-order valence-corrected chi connectivity index (χ4v) is 4.95. The zero-order valence-corrected chi connectivity index (χ0v) is 17.0. The molecule has 0 spiro atoms. The van der Waals surface area contributed by atoms with Crippen LogP contribution < -0.4 is 5.32 Å². The molecule has 1 aromatic heterocycles. The molecule has 0 aliphatic carbocycles. The number of rotatable bonds is 8. The number of thiazole rings is 1. The van der Waals surface area contributed by atoms with Crippen LogP contribution in [0.4, 0.5) is 5.69 Å². The van der Waals surface area contributed by atoms with E-state index in [0.29, 0.717) is 18.7 Å². The Morgan fingerprint density at radius 1 is 1.44 bits per heavy atom. The van der Waals surface area contributed by atoms with Crippen LogP contribution in [0.5, 0.6) is 0 Å². The van der Waals surface area contributed by atoms with Gasteiger partial charge in [-0.2, -0.15) is 0 Å². The lowest BCUT2D eigenvalue weighted by Crippen LogP contribution is -2.39. The summed E-state index contributed by atoms with van der Waals surface area (Å²) in [5.41, 5.74) is 3.69. The van der Waals surface area contributed by atoms with E-state index in [2.05, 4.69) is 36.3 Å². The molecule has 2 heterocycles. The van der Waals surface area contributed by atoms with E-state index in [4.69, 9.17) is 5.11 Å². The SMILES string of the molecule is Cc1cccc(NC[C@H]2CCC(=O)N2CCSc2nc(C(=O)O)cs2)c1C. The Morgan fingerprint density at radius 3 is 3.00 bits per heavy atom. The van der Waals surface area contributed by atoms with Gasteiger partial charge in [0.15, 0.2) is 10.0 Å². The number of nitrogens with zero attached hydrogens (tertiary/aromatic N) is 2. The molecule has 0 unspecified atom stereocenters. The Morgan fingerprint density at radius 2 is 2.26 bits per heavy atom. The van der Waals surface area contributed by atoms with Gasteiger partial charge in [0.05, 0.1) is 0 Å². The highest BCUT2D eigenvalue weighted by Crippen LogP contribution is 2.26. The number of aromatic nitrogens is 1. The number of carboxylic acid groups (broad SMARTS) is 1. The molecule has 2 aromatic rings. The van der Waals surface area contributed by atoms with Crippen LogP contribution in [-0.2, 0) is 4.79 Å². The molecule has 6 nitrogen and oxygen atoms in total. The molecule has 27 heavy (non-hydrogen) atoms. The zero-order valence-electron chi connectivity index (χ0n) is 15.4. The molecule has 1 amide bonds. The first-order chi connectivity index (χ1) is 13.0. The molecular weight excluding hydrogens is 382 g/mol. The van der Waals surface area contributed by atoms with Gasteiger partial charge in [0.2, 0.25) is 5.91 Å². The van der Waals surface area contributed by atoms with Crippen molar-refractivity contribution in [1.82, 2.24) is 9.88 Å². The van der Waals surface area contributed by atoms with Crippen molar-refractivity contribution in [1.29, 1.82) is 0 Å². The van der Waals surface area contributed by atoms with E-state index in [1.54, 1.807) is 5.38 Å². The van der Waals surface area contributed by atoms with Crippen LogP contribution in [0.15, 0.2) is 27.9 Å². The highest BCUT2D eigenvalue weighted by Gasteiger charge is 2.30. The molecular formula is C19H23N3O3S2. The number of anilines is 1. The summed E-state index contributed by atoms with van der Waals surface area (Å²) in [7, 11) is 0. The van der Waals surface area contributed by atoms with Gasteiger partial charge < -0.3 is 15.3 Å².